The second-order valence-electron chi connectivity index (χ2n) is 4.03. The predicted octanol–water partition coefficient (Wildman–Crippen LogP) is 3.01. The quantitative estimate of drug-likeness (QED) is 0.566. The fourth-order valence-electron chi connectivity index (χ4n) is 1.51. The molecule has 1 rings (SSSR count). The highest BCUT2D eigenvalue weighted by Gasteiger charge is 2.19. The Morgan fingerprint density at radius 3 is 2.33 bits per heavy atom. The Bertz CT molecular complexity index is 461. The number of nitrogens with zero attached hydrogens (tertiary/aromatic N) is 1. The predicted molar refractivity (Wildman–Crippen MR) is 73.9 cm³/mol. The van der Waals surface area contributed by atoms with Crippen LogP contribution >= 0.6 is 15.9 Å². The first-order valence-corrected chi connectivity index (χ1v) is 8.32. The van der Waals surface area contributed by atoms with Gasteiger partial charge in [0.05, 0.1) is 4.90 Å². The van der Waals surface area contributed by atoms with Gasteiger partial charge in [0.25, 0.3) is 0 Å². The monoisotopic (exact) mass is 337 g/mol. The summed E-state index contributed by atoms with van der Waals surface area (Å²) in [6.45, 7) is 0.479. The molecule has 0 aliphatic rings. The average Bonchev–Trinajstić information content (AvgIpc) is 2.35. The van der Waals surface area contributed by atoms with Crippen LogP contribution in [0.4, 0.5) is 4.39 Å². The van der Waals surface area contributed by atoms with Gasteiger partial charge in [0, 0.05) is 18.9 Å². The van der Waals surface area contributed by atoms with Crippen molar-refractivity contribution in [2.24, 2.45) is 0 Å². The van der Waals surface area contributed by atoms with Gasteiger partial charge in [-0.15, -0.1) is 0 Å². The van der Waals surface area contributed by atoms with Gasteiger partial charge in [0.1, 0.15) is 5.82 Å². The maximum Gasteiger partial charge on any atom is 0.242 e. The largest absolute Gasteiger partial charge is 0.242 e. The van der Waals surface area contributed by atoms with E-state index in [1.807, 2.05) is 0 Å². The van der Waals surface area contributed by atoms with Crippen molar-refractivity contribution in [3.05, 3.63) is 30.1 Å². The van der Waals surface area contributed by atoms with E-state index >= 15 is 0 Å². The summed E-state index contributed by atoms with van der Waals surface area (Å²) < 4.78 is 38.3. The lowest BCUT2D eigenvalue weighted by atomic mass is 10.2. The zero-order chi connectivity index (χ0) is 13.6. The van der Waals surface area contributed by atoms with E-state index in [1.54, 1.807) is 7.05 Å². The Morgan fingerprint density at radius 2 is 1.78 bits per heavy atom. The maximum atomic E-state index is 12.8. The van der Waals surface area contributed by atoms with Crippen molar-refractivity contribution >= 4 is 26.0 Å². The van der Waals surface area contributed by atoms with Crippen LogP contribution in [0.25, 0.3) is 0 Å². The van der Waals surface area contributed by atoms with Crippen LogP contribution in [-0.4, -0.2) is 31.6 Å². The second-order valence-corrected chi connectivity index (χ2v) is 6.87. The van der Waals surface area contributed by atoms with Gasteiger partial charge in [-0.3, -0.25) is 0 Å². The van der Waals surface area contributed by atoms with Crippen LogP contribution in [0, 0.1) is 5.82 Å². The zero-order valence-corrected chi connectivity index (χ0v) is 12.7. The molecule has 0 saturated carbocycles. The number of rotatable bonds is 7. The van der Waals surface area contributed by atoms with E-state index in [0.717, 1.165) is 36.7 Å². The van der Waals surface area contributed by atoms with E-state index in [2.05, 4.69) is 15.9 Å². The highest BCUT2D eigenvalue weighted by Crippen LogP contribution is 2.15. The fraction of sp³-hybridized carbons (Fsp3) is 0.500. The van der Waals surface area contributed by atoms with Crippen molar-refractivity contribution < 1.29 is 12.8 Å². The molecule has 0 aliphatic heterocycles. The summed E-state index contributed by atoms with van der Waals surface area (Å²) >= 11 is 3.33. The molecule has 6 heteroatoms. The Morgan fingerprint density at radius 1 is 1.17 bits per heavy atom. The molecule has 1 aromatic carbocycles. The zero-order valence-electron chi connectivity index (χ0n) is 10.3. The third-order valence-corrected chi connectivity index (χ3v) is 5.06. The molecule has 0 N–H and O–H groups in total. The third-order valence-electron chi connectivity index (χ3n) is 2.63. The third kappa shape index (κ3) is 4.33. The topological polar surface area (TPSA) is 37.4 Å². The number of alkyl halides is 1. The molecule has 1 aromatic rings. The Balaban J connectivity index is 2.65. The van der Waals surface area contributed by atoms with E-state index in [4.69, 9.17) is 0 Å². The van der Waals surface area contributed by atoms with Crippen LogP contribution in [-0.2, 0) is 10.0 Å². The first-order valence-electron chi connectivity index (χ1n) is 5.76. The van der Waals surface area contributed by atoms with Crippen molar-refractivity contribution in [3.63, 3.8) is 0 Å². The molecule has 0 radical (unpaired) electrons. The summed E-state index contributed by atoms with van der Waals surface area (Å²) in [6.07, 6.45) is 2.83. The number of unbranched alkanes of at least 4 members (excludes halogenated alkanes) is 2. The molecule has 0 spiro atoms. The first-order chi connectivity index (χ1) is 8.48. The van der Waals surface area contributed by atoms with Crippen LogP contribution in [0.3, 0.4) is 0 Å². The summed E-state index contributed by atoms with van der Waals surface area (Å²) in [7, 11) is -1.94. The molecule has 0 saturated heterocycles. The van der Waals surface area contributed by atoms with Gasteiger partial charge in [-0.25, -0.2) is 17.1 Å². The molecule has 0 atom stereocenters. The number of sulfonamides is 1. The molecule has 3 nitrogen and oxygen atoms in total. The summed E-state index contributed by atoms with van der Waals surface area (Å²) in [5.41, 5.74) is 0. The maximum absolute atomic E-state index is 12.8. The fourth-order valence-corrected chi connectivity index (χ4v) is 3.12. The molecule has 0 bridgehead atoms. The summed E-state index contributed by atoms with van der Waals surface area (Å²) in [4.78, 5) is 0.131. The van der Waals surface area contributed by atoms with Gasteiger partial charge in [0.15, 0.2) is 0 Å². The molecular formula is C12H17BrFNO2S. The van der Waals surface area contributed by atoms with Crippen LogP contribution in [0.5, 0.6) is 0 Å². The number of halogens is 2. The SMILES string of the molecule is CN(CCCCCBr)S(=O)(=O)c1ccc(F)cc1. The van der Waals surface area contributed by atoms with Crippen LogP contribution in [0.2, 0.25) is 0 Å². The molecule has 0 heterocycles. The van der Waals surface area contributed by atoms with Gasteiger partial charge in [-0.2, -0.15) is 0 Å². The van der Waals surface area contributed by atoms with Crippen LogP contribution in [0.15, 0.2) is 29.2 Å². The van der Waals surface area contributed by atoms with Gasteiger partial charge in [-0.1, -0.05) is 22.4 Å². The minimum Gasteiger partial charge on any atom is -0.207 e. The van der Waals surface area contributed by atoms with Crippen LogP contribution < -0.4 is 0 Å². The van der Waals surface area contributed by atoms with Crippen LogP contribution in [0.1, 0.15) is 19.3 Å². The lowest BCUT2D eigenvalue weighted by Crippen LogP contribution is -2.28. The molecule has 0 amide bonds. The number of benzene rings is 1. The molecule has 18 heavy (non-hydrogen) atoms. The highest BCUT2D eigenvalue weighted by atomic mass is 79.9. The van der Waals surface area contributed by atoms with Gasteiger partial charge >= 0.3 is 0 Å². The van der Waals surface area contributed by atoms with Gasteiger partial charge in [-0.05, 0) is 37.1 Å². The van der Waals surface area contributed by atoms with E-state index in [-0.39, 0.29) is 4.90 Å². The van der Waals surface area contributed by atoms with Gasteiger partial charge in [0.2, 0.25) is 10.0 Å². The summed E-state index contributed by atoms with van der Waals surface area (Å²) in [6, 6.07) is 4.90. The van der Waals surface area contributed by atoms with E-state index in [1.165, 1.54) is 16.4 Å². The summed E-state index contributed by atoms with van der Waals surface area (Å²) in [5.74, 6) is -0.436. The van der Waals surface area contributed by atoms with Crippen molar-refractivity contribution in [2.45, 2.75) is 24.2 Å². The molecule has 0 aromatic heterocycles. The van der Waals surface area contributed by atoms with E-state index in [9.17, 15) is 12.8 Å². The minimum absolute atomic E-state index is 0.131. The Kier molecular flexibility index (Phi) is 6.25. The smallest absolute Gasteiger partial charge is 0.207 e. The van der Waals surface area contributed by atoms with Gasteiger partial charge < -0.3 is 0 Å². The lowest BCUT2D eigenvalue weighted by molar-refractivity contribution is 0.454. The van der Waals surface area contributed by atoms with E-state index < -0.39 is 15.8 Å². The number of hydrogen-bond acceptors (Lipinski definition) is 2. The molecule has 0 fully saturated rings. The highest BCUT2D eigenvalue weighted by molar-refractivity contribution is 9.09. The molecule has 102 valence electrons. The van der Waals surface area contributed by atoms with Crippen molar-refractivity contribution in [1.82, 2.24) is 4.31 Å². The average molecular weight is 338 g/mol. The standard InChI is InChI=1S/C12H17BrFNO2S/c1-15(10-4-2-3-9-13)18(16,17)12-7-5-11(14)6-8-12/h5-8H,2-4,9-10H2,1H3. The normalized spacial score (nSPS) is 12.0. The van der Waals surface area contributed by atoms with Crippen molar-refractivity contribution in [1.29, 1.82) is 0 Å². The summed E-state index contributed by atoms with van der Waals surface area (Å²) in [5, 5.41) is 0.932. The molecular weight excluding hydrogens is 321 g/mol. The Labute approximate surface area is 116 Å². The molecule has 0 aliphatic carbocycles. The Hall–Kier alpha value is -0.460. The van der Waals surface area contributed by atoms with E-state index in [0.29, 0.717) is 6.54 Å². The minimum atomic E-state index is -3.49. The van der Waals surface area contributed by atoms with Crippen molar-refractivity contribution in [3.8, 4) is 0 Å². The lowest BCUT2D eigenvalue weighted by Gasteiger charge is -2.16. The van der Waals surface area contributed by atoms with Crippen molar-refractivity contribution in [2.75, 3.05) is 18.9 Å². The second kappa shape index (κ2) is 7.21. The molecule has 0 unspecified atom stereocenters. The number of hydrogen-bond donors (Lipinski definition) is 0. The first kappa shape index (κ1) is 15.6.